The van der Waals surface area contributed by atoms with E-state index in [1.807, 2.05) is 57.3 Å². The Labute approximate surface area is 164 Å². The van der Waals surface area contributed by atoms with Gasteiger partial charge < -0.3 is 25.0 Å². The van der Waals surface area contributed by atoms with E-state index in [2.05, 4.69) is 10.6 Å². The number of likely N-dealkylation sites (N-methyl/N-ethyl adjacent to an activating group) is 1. The molecule has 1 atom stereocenters. The van der Waals surface area contributed by atoms with Crippen molar-refractivity contribution in [1.82, 2.24) is 5.32 Å². The first-order valence-corrected chi connectivity index (χ1v) is 9.25. The molecular weight excluding hydrogens is 358 g/mol. The van der Waals surface area contributed by atoms with Crippen LogP contribution in [-0.2, 0) is 16.1 Å². The number of quaternary nitrogens is 1. The zero-order chi connectivity index (χ0) is 20.1. The summed E-state index contributed by atoms with van der Waals surface area (Å²) >= 11 is 0. The Morgan fingerprint density at radius 1 is 1.00 bits per heavy atom. The molecule has 2 amide bonds. The molecular formula is C21H26N3O4+. The van der Waals surface area contributed by atoms with E-state index in [0.29, 0.717) is 18.0 Å². The van der Waals surface area contributed by atoms with Crippen LogP contribution in [0.15, 0.2) is 36.4 Å². The highest BCUT2D eigenvalue weighted by Gasteiger charge is 2.17. The number of amides is 2. The van der Waals surface area contributed by atoms with Crippen LogP contribution in [0.5, 0.6) is 11.5 Å². The first kappa shape index (κ1) is 19.7. The van der Waals surface area contributed by atoms with Gasteiger partial charge in [-0.3, -0.25) is 9.59 Å². The number of nitrogens with one attached hydrogen (secondary N) is 3. The molecule has 0 saturated heterocycles. The second-order valence-corrected chi connectivity index (χ2v) is 7.09. The van der Waals surface area contributed by atoms with Gasteiger partial charge in [0.1, 0.15) is 0 Å². The predicted molar refractivity (Wildman–Crippen MR) is 106 cm³/mol. The number of fused-ring (bicyclic) bond motifs is 1. The molecule has 0 fully saturated rings. The van der Waals surface area contributed by atoms with Gasteiger partial charge in [0.15, 0.2) is 24.6 Å². The quantitative estimate of drug-likeness (QED) is 0.660. The monoisotopic (exact) mass is 384 g/mol. The lowest BCUT2D eigenvalue weighted by molar-refractivity contribution is -0.862. The lowest BCUT2D eigenvalue weighted by Crippen LogP contribution is -3.11. The van der Waals surface area contributed by atoms with E-state index in [0.717, 1.165) is 27.3 Å². The molecule has 0 spiro atoms. The molecule has 3 rings (SSSR count). The van der Waals surface area contributed by atoms with E-state index < -0.39 is 0 Å². The highest BCUT2D eigenvalue weighted by Crippen LogP contribution is 2.32. The van der Waals surface area contributed by atoms with Crippen LogP contribution in [0.1, 0.15) is 16.7 Å². The van der Waals surface area contributed by atoms with Gasteiger partial charge in [-0.05, 0) is 42.7 Å². The molecule has 2 aromatic carbocycles. The number of anilines is 1. The standard InChI is InChI=1S/C21H25N3O4/c1-14-5-4-6-15(2)21(14)23-20(26)12-24(3)11-19(25)22-10-16-7-8-17-18(9-16)28-13-27-17/h4-9H,10-13H2,1-3H3,(H,22,25)(H,23,26)/p+1. The maximum absolute atomic E-state index is 12.3. The summed E-state index contributed by atoms with van der Waals surface area (Å²) in [5.41, 5.74) is 3.82. The Morgan fingerprint density at radius 3 is 2.43 bits per heavy atom. The first-order chi connectivity index (χ1) is 13.4. The van der Waals surface area contributed by atoms with Gasteiger partial charge in [-0.1, -0.05) is 24.3 Å². The number of ether oxygens (including phenoxy) is 2. The summed E-state index contributed by atoms with van der Waals surface area (Å²) in [6, 6.07) is 11.5. The van der Waals surface area contributed by atoms with Crippen LogP contribution in [0.25, 0.3) is 0 Å². The number of aryl methyl sites for hydroxylation is 2. The summed E-state index contributed by atoms with van der Waals surface area (Å²) in [6.07, 6.45) is 0. The fourth-order valence-electron chi connectivity index (χ4n) is 3.12. The zero-order valence-corrected chi connectivity index (χ0v) is 16.4. The molecule has 1 aliphatic heterocycles. The highest BCUT2D eigenvalue weighted by molar-refractivity contribution is 5.93. The molecule has 7 heteroatoms. The minimum atomic E-state index is -0.116. The van der Waals surface area contributed by atoms with Crippen LogP contribution >= 0.6 is 0 Å². The van der Waals surface area contributed by atoms with Crippen molar-refractivity contribution in [3.8, 4) is 11.5 Å². The summed E-state index contributed by atoms with van der Waals surface area (Å²) in [7, 11) is 1.82. The molecule has 0 aromatic heterocycles. The van der Waals surface area contributed by atoms with Crippen molar-refractivity contribution in [2.45, 2.75) is 20.4 Å². The third-order valence-electron chi connectivity index (χ3n) is 4.60. The van der Waals surface area contributed by atoms with E-state index in [1.54, 1.807) is 0 Å². The molecule has 1 aliphatic rings. The third-order valence-corrected chi connectivity index (χ3v) is 4.60. The zero-order valence-electron chi connectivity index (χ0n) is 16.4. The second kappa shape index (κ2) is 8.75. The molecule has 7 nitrogen and oxygen atoms in total. The van der Waals surface area contributed by atoms with Crippen LogP contribution in [-0.4, -0.2) is 38.7 Å². The van der Waals surface area contributed by atoms with Crippen molar-refractivity contribution < 1.29 is 24.0 Å². The topological polar surface area (TPSA) is 81.1 Å². The Hall–Kier alpha value is -3.06. The Bertz CT molecular complexity index is 862. The number of hydrogen-bond donors (Lipinski definition) is 3. The van der Waals surface area contributed by atoms with E-state index in [4.69, 9.17) is 9.47 Å². The van der Waals surface area contributed by atoms with Crippen molar-refractivity contribution in [1.29, 1.82) is 0 Å². The number of carbonyl (C=O) groups is 2. The Balaban J connectivity index is 1.44. The van der Waals surface area contributed by atoms with E-state index in [9.17, 15) is 9.59 Å². The lowest BCUT2D eigenvalue weighted by Gasteiger charge is -2.15. The molecule has 0 bridgehead atoms. The maximum Gasteiger partial charge on any atom is 0.279 e. The van der Waals surface area contributed by atoms with Gasteiger partial charge >= 0.3 is 0 Å². The maximum atomic E-state index is 12.3. The Kier molecular flexibility index (Phi) is 6.16. The smallest absolute Gasteiger partial charge is 0.279 e. The van der Waals surface area contributed by atoms with Gasteiger partial charge in [0, 0.05) is 12.2 Å². The van der Waals surface area contributed by atoms with Crippen molar-refractivity contribution in [3.63, 3.8) is 0 Å². The number of hydrogen-bond acceptors (Lipinski definition) is 4. The summed E-state index contributed by atoms with van der Waals surface area (Å²) in [5.74, 6) is 1.18. The van der Waals surface area contributed by atoms with Crippen molar-refractivity contribution in [2.75, 3.05) is 32.2 Å². The normalized spacial score (nSPS) is 13.1. The second-order valence-electron chi connectivity index (χ2n) is 7.09. The fourth-order valence-corrected chi connectivity index (χ4v) is 3.12. The highest BCUT2D eigenvalue weighted by atomic mass is 16.7. The largest absolute Gasteiger partial charge is 0.454 e. The molecule has 2 aromatic rings. The average molecular weight is 384 g/mol. The van der Waals surface area contributed by atoms with Crippen LogP contribution in [0.3, 0.4) is 0 Å². The van der Waals surface area contributed by atoms with Crippen molar-refractivity contribution in [3.05, 3.63) is 53.1 Å². The van der Waals surface area contributed by atoms with Gasteiger partial charge in [-0.15, -0.1) is 0 Å². The summed E-state index contributed by atoms with van der Waals surface area (Å²) < 4.78 is 10.6. The minimum Gasteiger partial charge on any atom is -0.454 e. The number of para-hydroxylation sites is 1. The SMILES string of the molecule is Cc1cccc(C)c1NC(=O)C[NH+](C)CC(=O)NCc1ccc2c(c1)OCO2. The molecule has 3 N–H and O–H groups in total. The van der Waals surface area contributed by atoms with Crippen LogP contribution < -0.4 is 25.0 Å². The summed E-state index contributed by atoms with van der Waals surface area (Å²) in [5, 5.41) is 5.82. The summed E-state index contributed by atoms with van der Waals surface area (Å²) in [6.45, 7) is 4.97. The van der Waals surface area contributed by atoms with Crippen molar-refractivity contribution in [2.24, 2.45) is 0 Å². The van der Waals surface area contributed by atoms with Gasteiger partial charge in [0.05, 0.1) is 7.05 Å². The first-order valence-electron chi connectivity index (χ1n) is 9.25. The molecule has 1 heterocycles. The van der Waals surface area contributed by atoms with Gasteiger partial charge in [-0.2, -0.15) is 0 Å². The van der Waals surface area contributed by atoms with E-state index in [-0.39, 0.29) is 31.7 Å². The van der Waals surface area contributed by atoms with Crippen LogP contribution in [0.4, 0.5) is 5.69 Å². The molecule has 28 heavy (non-hydrogen) atoms. The minimum absolute atomic E-state index is 0.113. The van der Waals surface area contributed by atoms with Gasteiger partial charge in [0.2, 0.25) is 6.79 Å². The number of rotatable bonds is 7. The molecule has 1 unspecified atom stereocenters. The number of benzene rings is 2. The molecule has 148 valence electrons. The van der Waals surface area contributed by atoms with Gasteiger partial charge in [-0.25, -0.2) is 0 Å². The number of carbonyl (C=O) groups excluding carboxylic acids is 2. The molecule has 0 saturated carbocycles. The van der Waals surface area contributed by atoms with Crippen molar-refractivity contribution >= 4 is 17.5 Å². The molecule has 0 aliphatic carbocycles. The van der Waals surface area contributed by atoms with E-state index >= 15 is 0 Å². The fraction of sp³-hybridized carbons (Fsp3) is 0.333. The van der Waals surface area contributed by atoms with Gasteiger partial charge in [0.25, 0.3) is 11.8 Å². The molecule has 0 radical (unpaired) electrons. The van der Waals surface area contributed by atoms with Crippen LogP contribution in [0, 0.1) is 13.8 Å². The summed E-state index contributed by atoms with van der Waals surface area (Å²) in [4.78, 5) is 25.3. The average Bonchev–Trinajstić information content (AvgIpc) is 3.11. The third kappa shape index (κ3) is 5.01. The lowest BCUT2D eigenvalue weighted by atomic mass is 10.1. The predicted octanol–water partition coefficient (Wildman–Crippen LogP) is 0.802. The van der Waals surface area contributed by atoms with Crippen LogP contribution in [0.2, 0.25) is 0 Å². The van der Waals surface area contributed by atoms with E-state index in [1.165, 1.54) is 0 Å². The Morgan fingerprint density at radius 2 is 1.68 bits per heavy atom.